The van der Waals surface area contributed by atoms with E-state index in [0.717, 1.165) is 16.2 Å². The average molecular weight is 270 g/mol. The van der Waals surface area contributed by atoms with Crippen LogP contribution in [-0.4, -0.2) is 33.8 Å². The quantitative estimate of drug-likeness (QED) is 0.647. The third-order valence-corrected chi connectivity index (χ3v) is 4.62. The zero-order valence-corrected chi connectivity index (χ0v) is 11.8. The lowest BCUT2D eigenvalue weighted by Gasteiger charge is -2.14. The van der Waals surface area contributed by atoms with Gasteiger partial charge in [-0.2, -0.15) is 11.8 Å². The summed E-state index contributed by atoms with van der Waals surface area (Å²) in [4.78, 5) is 8.56. The summed E-state index contributed by atoms with van der Waals surface area (Å²) in [5.41, 5.74) is 5.75. The minimum Gasteiger partial charge on any atom is -0.383 e. The van der Waals surface area contributed by atoms with Crippen LogP contribution in [-0.2, 0) is 0 Å². The Labute approximate surface area is 111 Å². The van der Waals surface area contributed by atoms with Gasteiger partial charge in [0.25, 0.3) is 0 Å². The molecule has 17 heavy (non-hydrogen) atoms. The highest BCUT2D eigenvalue weighted by atomic mass is 32.2. The zero-order valence-electron chi connectivity index (χ0n) is 10.1. The highest BCUT2D eigenvalue weighted by Gasteiger charge is 2.24. The zero-order chi connectivity index (χ0) is 12.3. The Morgan fingerprint density at radius 1 is 1.35 bits per heavy atom. The molecule has 0 aromatic carbocycles. The second-order valence-corrected chi connectivity index (χ2v) is 6.09. The number of aromatic nitrogens is 2. The molecule has 1 saturated carbocycles. The largest absolute Gasteiger partial charge is 0.383 e. The Hall–Kier alpha value is -0.620. The molecule has 0 spiro atoms. The Morgan fingerprint density at radius 3 is 2.82 bits per heavy atom. The van der Waals surface area contributed by atoms with Gasteiger partial charge in [-0.3, -0.25) is 0 Å². The van der Waals surface area contributed by atoms with Crippen molar-refractivity contribution in [1.29, 1.82) is 0 Å². The van der Waals surface area contributed by atoms with E-state index in [9.17, 15) is 0 Å². The summed E-state index contributed by atoms with van der Waals surface area (Å²) in [6.07, 6.45) is 7.85. The number of anilines is 2. The molecule has 0 bridgehead atoms. The molecule has 0 saturated heterocycles. The summed E-state index contributed by atoms with van der Waals surface area (Å²) < 4.78 is 0. The lowest BCUT2D eigenvalue weighted by Crippen LogP contribution is -2.17. The van der Waals surface area contributed by atoms with Gasteiger partial charge in [0, 0.05) is 17.4 Å². The van der Waals surface area contributed by atoms with Gasteiger partial charge in [-0.15, -0.1) is 0 Å². The molecular weight excluding hydrogens is 252 g/mol. The highest BCUT2D eigenvalue weighted by molar-refractivity contribution is 7.99. The summed E-state index contributed by atoms with van der Waals surface area (Å²) in [6, 6.07) is 2.34. The molecule has 1 aromatic heterocycles. The Morgan fingerprint density at radius 2 is 2.18 bits per heavy atom. The van der Waals surface area contributed by atoms with Crippen molar-refractivity contribution in [3.05, 3.63) is 6.07 Å². The topological polar surface area (TPSA) is 63.8 Å². The van der Waals surface area contributed by atoms with Crippen LogP contribution in [0.2, 0.25) is 0 Å². The number of nitrogens with zero attached hydrogens (tertiary/aromatic N) is 2. The summed E-state index contributed by atoms with van der Waals surface area (Å²) in [5, 5.41) is 4.98. The average Bonchev–Trinajstić information content (AvgIpc) is 2.76. The number of nitrogen functional groups attached to an aromatic ring is 1. The first-order valence-electron chi connectivity index (χ1n) is 5.69. The fourth-order valence-corrected chi connectivity index (χ4v) is 3.29. The smallest absolute Gasteiger partial charge is 0.191 e. The van der Waals surface area contributed by atoms with Crippen LogP contribution in [0.4, 0.5) is 11.6 Å². The van der Waals surface area contributed by atoms with Gasteiger partial charge in [0.15, 0.2) is 5.16 Å². The van der Waals surface area contributed by atoms with Crippen LogP contribution in [0.25, 0.3) is 0 Å². The number of thioether (sulfide) groups is 2. The van der Waals surface area contributed by atoms with Crippen molar-refractivity contribution in [3.8, 4) is 0 Å². The van der Waals surface area contributed by atoms with Gasteiger partial charge < -0.3 is 11.1 Å². The maximum absolute atomic E-state index is 5.75. The third-order valence-electron chi connectivity index (χ3n) is 2.98. The van der Waals surface area contributed by atoms with Gasteiger partial charge in [-0.25, -0.2) is 9.97 Å². The summed E-state index contributed by atoms with van der Waals surface area (Å²) >= 11 is 3.47. The molecule has 1 aliphatic carbocycles. The monoisotopic (exact) mass is 270 g/mol. The van der Waals surface area contributed by atoms with E-state index in [1.54, 1.807) is 0 Å². The van der Waals surface area contributed by atoms with Crippen LogP contribution in [0.1, 0.15) is 19.3 Å². The molecule has 1 heterocycles. The molecule has 6 heteroatoms. The molecule has 2 atom stereocenters. The van der Waals surface area contributed by atoms with Crippen molar-refractivity contribution in [2.24, 2.45) is 0 Å². The second kappa shape index (κ2) is 5.82. The van der Waals surface area contributed by atoms with Gasteiger partial charge in [0.05, 0.1) is 0 Å². The third kappa shape index (κ3) is 3.42. The van der Waals surface area contributed by atoms with Crippen molar-refractivity contribution >= 4 is 35.2 Å². The van der Waals surface area contributed by atoms with Crippen LogP contribution < -0.4 is 11.1 Å². The Balaban J connectivity index is 2.01. The first-order chi connectivity index (χ1) is 8.21. The van der Waals surface area contributed by atoms with Gasteiger partial charge in [-0.1, -0.05) is 11.8 Å². The van der Waals surface area contributed by atoms with E-state index < -0.39 is 0 Å². The fourth-order valence-electron chi connectivity index (χ4n) is 2.10. The van der Waals surface area contributed by atoms with E-state index in [2.05, 4.69) is 21.5 Å². The molecule has 4 nitrogen and oxygen atoms in total. The molecule has 0 radical (unpaired) electrons. The molecule has 0 amide bonds. The van der Waals surface area contributed by atoms with Crippen LogP contribution in [0.15, 0.2) is 11.2 Å². The predicted octanol–water partition coefficient (Wildman–Crippen LogP) is 2.48. The highest BCUT2D eigenvalue weighted by Crippen LogP contribution is 2.30. The standard InChI is InChI=1S/C11H18N4S2/c1-16-8-4-3-7(5-8)13-10-6-9(12)14-11(15-10)17-2/h6-8H,3-5H2,1-2H3,(H3,12,13,14,15). The molecule has 1 aliphatic rings. The first-order valence-corrected chi connectivity index (χ1v) is 8.20. The number of nitrogens with one attached hydrogen (secondary N) is 1. The lowest BCUT2D eigenvalue weighted by atomic mass is 10.2. The van der Waals surface area contributed by atoms with Crippen molar-refractivity contribution < 1.29 is 0 Å². The van der Waals surface area contributed by atoms with Crippen molar-refractivity contribution in [2.45, 2.75) is 35.7 Å². The molecular formula is C11H18N4S2. The van der Waals surface area contributed by atoms with Crippen LogP contribution >= 0.6 is 23.5 Å². The Bertz CT molecular complexity index is 386. The molecule has 94 valence electrons. The maximum atomic E-state index is 5.75. The molecule has 2 rings (SSSR count). The maximum Gasteiger partial charge on any atom is 0.191 e. The molecule has 1 aromatic rings. The summed E-state index contributed by atoms with van der Waals surface area (Å²) in [5.74, 6) is 1.39. The van der Waals surface area contributed by atoms with Crippen molar-refractivity contribution in [1.82, 2.24) is 9.97 Å². The normalized spacial score (nSPS) is 23.9. The van der Waals surface area contributed by atoms with E-state index in [1.165, 1.54) is 31.0 Å². The minimum absolute atomic E-state index is 0.524. The van der Waals surface area contributed by atoms with E-state index in [0.29, 0.717) is 11.9 Å². The predicted molar refractivity (Wildman–Crippen MR) is 76.8 cm³/mol. The number of rotatable bonds is 4. The van der Waals surface area contributed by atoms with Gasteiger partial charge in [0.1, 0.15) is 11.6 Å². The first kappa shape index (κ1) is 12.8. The molecule has 2 unspecified atom stereocenters. The van der Waals surface area contributed by atoms with Gasteiger partial charge in [0.2, 0.25) is 0 Å². The van der Waals surface area contributed by atoms with E-state index in [-0.39, 0.29) is 0 Å². The number of nitrogens with two attached hydrogens (primary N) is 1. The van der Waals surface area contributed by atoms with Crippen LogP contribution in [0.3, 0.4) is 0 Å². The summed E-state index contributed by atoms with van der Waals surface area (Å²) in [7, 11) is 0. The van der Waals surface area contributed by atoms with E-state index in [1.807, 2.05) is 24.1 Å². The number of hydrogen-bond acceptors (Lipinski definition) is 6. The van der Waals surface area contributed by atoms with Gasteiger partial charge >= 0.3 is 0 Å². The summed E-state index contributed by atoms with van der Waals surface area (Å²) in [6.45, 7) is 0. The fraction of sp³-hybridized carbons (Fsp3) is 0.636. The van der Waals surface area contributed by atoms with Gasteiger partial charge in [-0.05, 0) is 31.8 Å². The van der Waals surface area contributed by atoms with Crippen LogP contribution in [0, 0.1) is 0 Å². The van der Waals surface area contributed by atoms with Crippen molar-refractivity contribution in [2.75, 3.05) is 23.6 Å². The number of hydrogen-bond donors (Lipinski definition) is 2. The SMILES string of the molecule is CSc1nc(N)cc(NC2CCC(SC)C2)n1. The second-order valence-electron chi connectivity index (χ2n) is 4.18. The van der Waals surface area contributed by atoms with E-state index >= 15 is 0 Å². The Kier molecular flexibility index (Phi) is 4.39. The van der Waals surface area contributed by atoms with E-state index in [4.69, 9.17) is 5.73 Å². The molecule has 1 fully saturated rings. The molecule has 0 aliphatic heterocycles. The lowest BCUT2D eigenvalue weighted by molar-refractivity contribution is 0.747. The minimum atomic E-state index is 0.524. The van der Waals surface area contributed by atoms with Crippen molar-refractivity contribution in [3.63, 3.8) is 0 Å². The molecule has 3 N–H and O–H groups in total. The van der Waals surface area contributed by atoms with Crippen LogP contribution in [0.5, 0.6) is 0 Å².